The first kappa shape index (κ1) is 10.4. The number of aliphatic hydroxyl groups excluding tert-OH is 2. The van der Waals surface area contributed by atoms with Crippen LogP contribution in [0.3, 0.4) is 0 Å². The van der Waals surface area contributed by atoms with Gasteiger partial charge in [0, 0.05) is 23.3 Å². The van der Waals surface area contributed by atoms with Gasteiger partial charge in [-0.3, -0.25) is 0 Å². The zero-order valence-corrected chi connectivity index (χ0v) is 8.65. The van der Waals surface area contributed by atoms with Crippen LogP contribution in [0.1, 0.15) is 11.7 Å². The van der Waals surface area contributed by atoms with Crippen LogP contribution in [-0.2, 0) is 0 Å². The summed E-state index contributed by atoms with van der Waals surface area (Å²) < 4.78 is 0. The molecule has 0 amide bonds. The Morgan fingerprint density at radius 3 is 3.00 bits per heavy atom. The summed E-state index contributed by atoms with van der Waals surface area (Å²) in [6.45, 7) is 0. The number of pyridine rings is 1. The van der Waals surface area contributed by atoms with E-state index in [2.05, 4.69) is 9.97 Å². The predicted octanol–water partition coefficient (Wildman–Crippen LogP) is 1.20. The van der Waals surface area contributed by atoms with Gasteiger partial charge in [0.1, 0.15) is 11.8 Å². The average molecular weight is 227 g/mol. The number of nitrogens with one attached hydrogen (secondary N) is 1. The number of H-pyrrole nitrogens is 1. The molecule has 3 N–H and O–H groups in total. The van der Waals surface area contributed by atoms with Gasteiger partial charge in [-0.15, -0.1) is 11.6 Å². The molecule has 2 aromatic rings. The highest BCUT2D eigenvalue weighted by Gasteiger charge is 2.17. The summed E-state index contributed by atoms with van der Waals surface area (Å²) in [6, 6.07) is 3.63. The number of hydrogen-bond donors (Lipinski definition) is 3. The molecule has 5 heteroatoms. The lowest BCUT2D eigenvalue weighted by molar-refractivity contribution is 0.0326. The van der Waals surface area contributed by atoms with Crippen LogP contribution < -0.4 is 0 Å². The summed E-state index contributed by atoms with van der Waals surface area (Å²) in [5, 5.41) is 20.0. The molecule has 2 atom stereocenters. The average Bonchev–Trinajstić information content (AvgIpc) is 2.73. The molecule has 0 fully saturated rings. The van der Waals surface area contributed by atoms with Crippen LogP contribution in [0.4, 0.5) is 0 Å². The lowest BCUT2D eigenvalue weighted by Crippen LogP contribution is -2.19. The molecule has 2 aromatic heterocycles. The highest BCUT2D eigenvalue weighted by Crippen LogP contribution is 2.20. The molecule has 80 valence electrons. The molecular weight excluding hydrogens is 216 g/mol. The Kier molecular flexibility index (Phi) is 2.90. The van der Waals surface area contributed by atoms with Gasteiger partial charge in [-0.05, 0) is 12.1 Å². The number of fused-ring (bicyclic) bond motifs is 1. The lowest BCUT2D eigenvalue weighted by Gasteiger charge is -2.15. The van der Waals surface area contributed by atoms with E-state index in [4.69, 9.17) is 11.6 Å². The number of rotatable bonds is 3. The van der Waals surface area contributed by atoms with Crippen molar-refractivity contribution in [1.29, 1.82) is 0 Å². The van der Waals surface area contributed by atoms with Gasteiger partial charge in [-0.25, -0.2) is 4.98 Å². The standard InChI is InChI=1S/C10H11ClN2O2/c11-4-8(14)9(15)7-3-6-1-2-12-10(6)13-5-7/h1-3,5,8-9,14-15H,4H2,(H,12,13). The Labute approximate surface area is 91.5 Å². The quantitative estimate of drug-likeness (QED) is 0.689. The van der Waals surface area contributed by atoms with Gasteiger partial charge in [0.25, 0.3) is 0 Å². The number of nitrogens with zero attached hydrogens (tertiary/aromatic N) is 1. The van der Waals surface area contributed by atoms with E-state index >= 15 is 0 Å². The molecule has 2 rings (SSSR count). The Hall–Kier alpha value is -1.10. The first-order valence-electron chi connectivity index (χ1n) is 4.57. The molecular formula is C10H11ClN2O2. The van der Waals surface area contributed by atoms with Crippen LogP contribution >= 0.6 is 11.6 Å². The first-order chi connectivity index (χ1) is 7.22. The molecule has 2 heterocycles. The molecule has 0 aromatic carbocycles. The summed E-state index contributed by atoms with van der Waals surface area (Å²) in [5.41, 5.74) is 1.32. The Morgan fingerprint density at radius 2 is 2.27 bits per heavy atom. The maximum atomic E-state index is 9.70. The molecule has 0 spiro atoms. The van der Waals surface area contributed by atoms with Crippen molar-refractivity contribution in [1.82, 2.24) is 9.97 Å². The number of aromatic nitrogens is 2. The van der Waals surface area contributed by atoms with Crippen molar-refractivity contribution in [3.63, 3.8) is 0 Å². The minimum atomic E-state index is -0.991. The second-order valence-corrected chi connectivity index (χ2v) is 3.66. The third kappa shape index (κ3) is 1.97. The molecule has 0 saturated heterocycles. The number of aromatic amines is 1. The van der Waals surface area contributed by atoms with Crippen molar-refractivity contribution in [3.05, 3.63) is 30.1 Å². The van der Waals surface area contributed by atoms with Crippen molar-refractivity contribution in [3.8, 4) is 0 Å². The van der Waals surface area contributed by atoms with Crippen LogP contribution in [-0.4, -0.2) is 32.2 Å². The zero-order valence-electron chi connectivity index (χ0n) is 7.89. The van der Waals surface area contributed by atoms with E-state index in [1.165, 1.54) is 6.20 Å². The van der Waals surface area contributed by atoms with E-state index in [1.807, 2.05) is 6.07 Å². The van der Waals surface area contributed by atoms with Crippen LogP contribution in [0.2, 0.25) is 0 Å². The zero-order chi connectivity index (χ0) is 10.8. The third-order valence-electron chi connectivity index (χ3n) is 2.29. The molecule has 0 aliphatic carbocycles. The van der Waals surface area contributed by atoms with E-state index in [1.54, 1.807) is 12.3 Å². The summed E-state index contributed by atoms with van der Waals surface area (Å²) in [5.74, 6) is -0.00760. The van der Waals surface area contributed by atoms with Crippen LogP contribution in [0.25, 0.3) is 11.0 Å². The summed E-state index contributed by atoms with van der Waals surface area (Å²) >= 11 is 5.46. The predicted molar refractivity (Wildman–Crippen MR) is 57.8 cm³/mol. The highest BCUT2D eigenvalue weighted by atomic mass is 35.5. The monoisotopic (exact) mass is 226 g/mol. The van der Waals surface area contributed by atoms with E-state index < -0.39 is 12.2 Å². The largest absolute Gasteiger partial charge is 0.389 e. The van der Waals surface area contributed by atoms with E-state index in [0.29, 0.717) is 5.56 Å². The normalized spacial score (nSPS) is 15.4. The lowest BCUT2D eigenvalue weighted by atomic mass is 10.1. The van der Waals surface area contributed by atoms with E-state index in [-0.39, 0.29) is 5.88 Å². The van der Waals surface area contributed by atoms with Crippen molar-refractivity contribution in [2.24, 2.45) is 0 Å². The summed E-state index contributed by atoms with van der Waals surface area (Å²) in [7, 11) is 0. The molecule has 2 unspecified atom stereocenters. The van der Waals surface area contributed by atoms with Crippen molar-refractivity contribution in [2.75, 3.05) is 5.88 Å². The number of aliphatic hydroxyl groups is 2. The fourth-order valence-corrected chi connectivity index (χ4v) is 1.59. The maximum absolute atomic E-state index is 9.70. The Bertz CT molecular complexity index is 457. The topological polar surface area (TPSA) is 69.1 Å². The number of halogens is 1. The summed E-state index contributed by atoms with van der Waals surface area (Å²) in [6.07, 6.45) is 1.34. The highest BCUT2D eigenvalue weighted by molar-refractivity contribution is 6.18. The smallest absolute Gasteiger partial charge is 0.137 e. The fourth-order valence-electron chi connectivity index (χ4n) is 1.43. The number of alkyl halides is 1. The van der Waals surface area contributed by atoms with Gasteiger partial charge in [0.15, 0.2) is 0 Å². The molecule has 15 heavy (non-hydrogen) atoms. The third-order valence-corrected chi connectivity index (χ3v) is 2.60. The van der Waals surface area contributed by atoms with E-state index in [0.717, 1.165) is 11.0 Å². The van der Waals surface area contributed by atoms with Gasteiger partial charge in [-0.1, -0.05) is 0 Å². The molecule has 0 saturated carbocycles. The minimum absolute atomic E-state index is 0.00760. The van der Waals surface area contributed by atoms with Crippen LogP contribution in [0.15, 0.2) is 24.5 Å². The Morgan fingerprint density at radius 1 is 1.47 bits per heavy atom. The van der Waals surface area contributed by atoms with Crippen LogP contribution in [0, 0.1) is 0 Å². The minimum Gasteiger partial charge on any atom is -0.389 e. The molecule has 0 aliphatic heterocycles. The molecule has 4 nitrogen and oxygen atoms in total. The van der Waals surface area contributed by atoms with Gasteiger partial charge in [-0.2, -0.15) is 0 Å². The SMILES string of the molecule is OC(CCl)C(O)c1cnc2[nH]ccc2c1. The summed E-state index contributed by atoms with van der Waals surface area (Å²) in [4.78, 5) is 7.06. The van der Waals surface area contributed by atoms with Gasteiger partial charge in [0.05, 0.1) is 12.0 Å². The second-order valence-electron chi connectivity index (χ2n) is 3.35. The van der Waals surface area contributed by atoms with Crippen LogP contribution in [0.5, 0.6) is 0 Å². The van der Waals surface area contributed by atoms with Gasteiger partial charge in [0.2, 0.25) is 0 Å². The van der Waals surface area contributed by atoms with E-state index in [9.17, 15) is 10.2 Å². The molecule has 0 aliphatic rings. The first-order valence-corrected chi connectivity index (χ1v) is 5.11. The Balaban J connectivity index is 2.35. The van der Waals surface area contributed by atoms with Gasteiger partial charge >= 0.3 is 0 Å². The second kappa shape index (κ2) is 4.18. The number of hydrogen-bond acceptors (Lipinski definition) is 3. The van der Waals surface area contributed by atoms with Crippen molar-refractivity contribution in [2.45, 2.75) is 12.2 Å². The molecule has 0 bridgehead atoms. The van der Waals surface area contributed by atoms with Gasteiger partial charge < -0.3 is 15.2 Å². The fraction of sp³-hybridized carbons (Fsp3) is 0.300. The van der Waals surface area contributed by atoms with Crippen molar-refractivity contribution < 1.29 is 10.2 Å². The maximum Gasteiger partial charge on any atom is 0.137 e. The molecule has 0 radical (unpaired) electrons. The van der Waals surface area contributed by atoms with Crippen molar-refractivity contribution >= 4 is 22.6 Å².